The van der Waals surface area contributed by atoms with E-state index in [9.17, 15) is 0 Å². The lowest BCUT2D eigenvalue weighted by atomic mass is 9.65. The van der Waals surface area contributed by atoms with Crippen LogP contribution in [-0.4, -0.2) is 6.54 Å². The summed E-state index contributed by atoms with van der Waals surface area (Å²) in [5.41, 5.74) is 9.14. The lowest BCUT2D eigenvalue weighted by molar-refractivity contribution is 0.144. The van der Waals surface area contributed by atoms with Gasteiger partial charge in [-0.3, -0.25) is 0 Å². The lowest BCUT2D eigenvalue weighted by Gasteiger charge is -2.41. The topological polar surface area (TPSA) is 26.0 Å². The van der Waals surface area contributed by atoms with Crippen LogP contribution < -0.4 is 5.73 Å². The van der Waals surface area contributed by atoms with Gasteiger partial charge in [0.25, 0.3) is 0 Å². The summed E-state index contributed by atoms with van der Waals surface area (Å²) in [7, 11) is 0. The highest BCUT2D eigenvalue weighted by molar-refractivity contribution is 9.10. The molecule has 15 heavy (non-hydrogen) atoms. The Balaban J connectivity index is 2.19. The van der Waals surface area contributed by atoms with E-state index >= 15 is 0 Å². The van der Waals surface area contributed by atoms with Crippen LogP contribution in [0.25, 0.3) is 0 Å². The molecule has 1 aliphatic rings. The van der Waals surface area contributed by atoms with Gasteiger partial charge in [-0.05, 0) is 61.4 Å². The van der Waals surface area contributed by atoms with Gasteiger partial charge < -0.3 is 5.73 Å². The van der Waals surface area contributed by atoms with Crippen LogP contribution in [0.1, 0.15) is 30.4 Å². The van der Waals surface area contributed by atoms with Gasteiger partial charge in [-0.2, -0.15) is 0 Å². The van der Waals surface area contributed by atoms with Gasteiger partial charge in [0.15, 0.2) is 0 Å². The van der Waals surface area contributed by atoms with Crippen LogP contribution in [0.5, 0.6) is 0 Å². The van der Waals surface area contributed by atoms with Crippen LogP contribution in [0.2, 0.25) is 0 Å². The summed E-state index contributed by atoms with van der Waals surface area (Å²) in [6.45, 7) is 3.02. The maximum Gasteiger partial charge on any atom is 0.0178 e. The van der Waals surface area contributed by atoms with Crippen molar-refractivity contribution in [2.75, 3.05) is 6.54 Å². The molecule has 0 aromatic heterocycles. The van der Waals surface area contributed by atoms with Crippen molar-refractivity contribution in [3.63, 3.8) is 0 Å². The van der Waals surface area contributed by atoms with E-state index < -0.39 is 0 Å². The average Bonchev–Trinajstić information content (AvgIpc) is 2.17. The van der Waals surface area contributed by atoms with Crippen molar-refractivity contribution in [2.45, 2.75) is 32.6 Å². The third-order valence-electron chi connectivity index (χ3n) is 3.72. The third-order valence-corrected chi connectivity index (χ3v) is 4.22. The summed E-state index contributed by atoms with van der Waals surface area (Å²) in [4.78, 5) is 0. The Hall–Kier alpha value is -0.340. The van der Waals surface area contributed by atoms with E-state index in [1.807, 2.05) is 0 Å². The van der Waals surface area contributed by atoms with E-state index in [4.69, 9.17) is 5.73 Å². The summed E-state index contributed by atoms with van der Waals surface area (Å²) in [6, 6.07) is 6.53. The Labute approximate surface area is 100 Å². The van der Waals surface area contributed by atoms with E-state index in [-0.39, 0.29) is 0 Å². The van der Waals surface area contributed by atoms with Gasteiger partial charge in [0.05, 0.1) is 0 Å². The van der Waals surface area contributed by atoms with Gasteiger partial charge in [-0.15, -0.1) is 0 Å². The highest BCUT2D eigenvalue weighted by atomic mass is 79.9. The molecule has 0 amide bonds. The minimum atomic E-state index is 0.408. The van der Waals surface area contributed by atoms with Crippen molar-refractivity contribution in [3.05, 3.63) is 33.8 Å². The van der Waals surface area contributed by atoms with Gasteiger partial charge in [0, 0.05) is 4.47 Å². The molecule has 2 rings (SSSR count). The van der Waals surface area contributed by atoms with Crippen molar-refractivity contribution < 1.29 is 0 Å². The van der Waals surface area contributed by atoms with Crippen molar-refractivity contribution >= 4 is 15.9 Å². The van der Waals surface area contributed by atoms with E-state index in [1.165, 1.54) is 34.9 Å². The van der Waals surface area contributed by atoms with Crippen molar-refractivity contribution in [1.82, 2.24) is 0 Å². The Morgan fingerprint density at radius 1 is 1.40 bits per heavy atom. The number of benzene rings is 1. The Kier molecular flexibility index (Phi) is 3.17. The fourth-order valence-corrected chi connectivity index (χ4v) is 2.77. The molecule has 0 bridgehead atoms. The zero-order chi connectivity index (χ0) is 10.9. The molecule has 1 saturated carbocycles. The lowest BCUT2D eigenvalue weighted by Crippen LogP contribution is -2.39. The molecule has 0 spiro atoms. The molecule has 0 heterocycles. The Bertz CT molecular complexity index is 350. The molecule has 0 radical (unpaired) electrons. The van der Waals surface area contributed by atoms with E-state index in [1.54, 1.807) is 0 Å². The van der Waals surface area contributed by atoms with Crippen molar-refractivity contribution in [2.24, 2.45) is 11.1 Å². The molecule has 82 valence electrons. The van der Waals surface area contributed by atoms with Crippen LogP contribution in [-0.2, 0) is 6.42 Å². The molecule has 2 heteroatoms. The molecule has 1 aromatic rings. The Morgan fingerprint density at radius 3 is 2.67 bits per heavy atom. The summed E-state index contributed by atoms with van der Waals surface area (Å²) in [5, 5.41) is 0. The van der Waals surface area contributed by atoms with Gasteiger partial charge >= 0.3 is 0 Å². The molecule has 0 atom stereocenters. The van der Waals surface area contributed by atoms with E-state index in [0.29, 0.717) is 5.41 Å². The number of halogens is 1. The monoisotopic (exact) mass is 267 g/mol. The van der Waals surface area contributed by atoms with Gasteiger partial charge in [0.2, 0.25) is 0 Å². The summed E-state index contributed by atoms with van der Waals surface area (Å²) >= 11 is 3.53. The van der Waals surface area contributed by atoms with Crippen LogP contribution >= 0.6 is 15.9 Å². The maximum absolute atomic E-state index is 5.89. The van der Waals surface area contributed by atoms with Crippen molar-refractivity contribution in [1.29, 1.82) is 0 Å². The quantitative estimate of drug-likeness (QED) is 0.893. The number of rotatable bonds is 3. The zero-order valence-corrected chi connectivity index (χ0v) is 10.8. The minimum absolute atomic E-state index is 0.408. The molecule has 0 saturated heterocycles. The second-order valence-electron chi connectivity index (χ2n) is 4.81. The van der Waals surface area contributed by atoms with Gasteiger partial charge in [-0.1, -0.05) is 28.4 Å². The fourth-order valence-electron chi connectivity index (χ4n) is 2.36. The number of hydrogen-bond acceptors (Lipinski definition) is 1. The fraction of sp³-hybridized carbons (Fsp3) is 0.538. The molecule has 1 nitrogen and oxygen atoms in total. The average molecular weight is 268 g/mol. The first kappa shape index (κ1) is 11.2. The van der Waals surface area contributed by atoms with Gasteiger partial charge in [-0.25, -0.2) is 0 Å². The zero-order valence-electron chi connectivity index (χ0n) is 9.22. The largest absolute Gasteiger partial charge is 0.330 e. The number of nitrogens with two attached hydrogens (primary N) is 1. The predicted molar refractivity (Wildman–Crippen MR) is 67.9 cm³/mol. The first-order chi connectivity index (χ1) is 7.15. The minimum Gasteiger partial charge on any atom is -0.330 e. The predicted octanol–water partition coefficient (Wildman–Crippen LogP) is 3.43. The van der Waals surface area contributed by atoms with Crippen LogP contribution in [0.4, 0.5) is 0 Å². The first-order valence-corrected chi connectivity index (χ1v) is 6.40. The standard InChI is InChI=1S/C13H18BrN/c1-10-3-4-12(14)7-11(10)8-13(9-15)5-2-6-13/h3-4,7H,2,5-6,8-9,15H2,1H3. The normalized spacial score (nSPS) is 18.6. The van der Waals surface area contributed by atoms with Crippen LogP contribution in [0.3, 0.4) is 0 Å². The smallest absolute Gasteiger partial charge is 0.0178 e. The van der Waals surface area contributed by atoms with Gasteiger partial charge in [0.1, 0.15) is 0 Å². The van der Waals surface area contributed by atoms with Crippen LogP contribution in [0, 0.1) is 12.3 Å². The molecular formula is C13H18BrN. The second-order valence-corrected chi connectivity index (χ2v) is 5.72. The van der Waals surface area contributed by atoms with Crippen LogP contribution in [0.15, 0.2) is 22.7 Å². The first-order valence-electron chi connectivity index (χ1n) is 5.60. The van der Waals surface area contributed by atoms with E-state index in [2.05, 4.69) is 41.1 Å². The molecule has 1 aromatic carbocycles. The summed E-state index contributed by atoms with van der Waals surface area (Å²) < 4.78 is 1.18. The molecule has 2 N–H and O–H groups in total. The molecule has 1 aliphatic carbocycles. The second kappa shape index (κ2) is 4.26. The summed E-state index contributed by atoms with van der Waals surface area (Å²) in [5.74, 6) is 0. The van der Waals surface area contributed by atoms with Crippen molar-refractivity contribution in [3.8, 4) is 0 Å². The SMILES string of the molecule is Cc1ccc(Br)cc1CC1(CN)CCC1. The molecule has 0 unspecified atom stereocenters. The van der Waals surface area contributed by atoms with E-state index in [0.717, 1.165) is 13.0 Å². The number of hydrogen-bond donors (Lipinski definition) is 1. The third kappa shape index (κ3) is 2.26. The molecule has 0 aliphatic heterocycles. The molecule has 1 fully saturated rings. The maximum atomic E-state index is 5.89. The summed E-state index contributed by atoms with van der Waals surface area (Å²) in [6.07, 6.45) is 5.10. The molecular weight excluding hydrogens is 250 g/mol. The highest BCUT2D eigenvalue weighted by Gasteiger charge is 2.35. The Morgan fingerprint density at radius 2 is 2.13 bits per heavy atom. The number of aryl methyl sites for hydroxylation is 1. The highest BCUT2D eigenvalue weighted by Crippen LogP contribution is 2.43.